The van der Waals surface area contributed by atoms with Crippen LogP contribution in [-0.2, 0) is 27.9 Å². The number of piperidine rings is 1. The lowest BCUT2D eigenvalue weighted by molar-refractivity contribution is -0.176. The zero-order valence-corrected chi connectivity index (χ0v) is 25.2. The lowest BCUT2D eigenvalue weighted by atomic mass is 9.85. The van der Waals surface area contributed by atoms with Crippen LogP contribution in [0.15, 0.2) is 18.6 Å². The lowest BCUT2D eigenvalue weighted by Gasteiger charge is -2.37. The van der Waals surface area contributed by atoms with Crippen LogP contribution in [0.2, 0.25) is 5.02 Å². The number of amides is 3. The molecule has 1 aliphatic carbocycles. The number of hydrogen-bond donors (Lipinski definition) is 2. The third-order valence-electron chi connectivity index (χ3n) is 8.73. The van der Waals surface area contributed by atoms with E-state index in [1.807, 2.05) is 30.8 Å². The van der Waals surface area contributed by atoms with Gasteiger partial charge in [0.15, 0.2) is 0 Å². The van der Waals surface area contributed by atoms with Gasteiger partial charge in [0.25, 0.3) is 0 Å². The molecule has 0 aromatic carbocycles. The fourth-order valence-electron chi connectivity index (χ4n) is 6.34. The highest BCUT2D eigenvalue weighted by Crippen LogP contribution is 2.65. The molecule has 228 valence electrons. The summed E-state index contributed by atoms with van der Waals surface area (Å²) < 4.78 is 41.1. The highest BCUT2D eigenvalue weighted by Gasteiger charge is 2.70. The Labute approximate surface area is 247 Å². The molecule has 13 heteroatoms. The number of aromatic nitrogens is 2. The Bertz CT molecular complexity index is 1440. The minimum absolute atomic E-state index is 0.0261. The second kappa shape index (κ2) is 11.1. The van der Waals surface area contributed by atoms with Gasteiger partial charge in [-0.3, -0.25) is 19.4 Å². The molecule has 0 bridgehead atoms. The third-order valence-corrected chi connectivity index (χ3v) is 9.03. The van der Waals surface area contributed by atoms with Crippen LogP contribution in [0.5, 0.6) is 0 Å². The van der Waals surface area contributed by atoms with Gasteiger partial charge in [-0.2, -0.15) is 18.4 Å². The average Bonchev–Trinajstić information content (AvgIpc) is 3.18. The van der Waals surface area contributed by atoms with Crippen LogP contribution in [0.25, 0.3) is 10.9 Å². The van der Waals surface area contributed by atoms with Crippen molar-refractivity contribution in [3.8, 4) is 6.07 Å². The van der Waals surface area contributed by atoms with Gasteiger partial charge in [0.2, 0.25) is 11.8 Å². The molecule has 0 radical (unpaired) electrons. The molecule has 2 aromatic rings. The van der Waals surface area contributed by atoms with Gasteiger partial charge >= 0.3 is 12.1 Å². The molecular formula is C29H36ClF3N6O3. The number of aryl methyl sites for hydroxylation is 2. The van der Waals surface area contributed by atoms with E-state index in [-0.39, 0.29) is 23.8 Å². The Morgan fingerprint density at radius 3 is 2.48 bits per heavy atom. The Hall–Kier alpha value is -3.33. The molecule has 2 aliphatic rings. The van der Waals surface area contributed by atoms with Crippen LogP contribution >= 0.6 is 11.6 Å². The van der Waals surface area contributed by atoms with Gasteiger partial charge in [-0.1, -0.05) is 46.2 Å². The smallest absolute Gasteiger partial charge is 0.349 e. The topological polar surface area (TPSA) is 120 Å². The van der Waals surface area contributed by atoms with Gasteiger partial charge in [-0.05, 0) is 47.5 Å². The number of alkyl halides is 3. The normalized spacial score (nSPS) is 22.7. The fourth-order valence-corrected chi connectivity index (χ4v) is 6.62. The van der Waals surface area contributed by atoms with E-state index in [0.717, 1.165) is 16.5 Å². The van der Waals surface area contributed by atoms with Gasteiger partial charge in [0, 0.05) is 37.6 Å². The van der Waals surface area contributed by atoms with Crippen molar-refractivity contribution in [2.45, 2.75) is 78.2 Å². The number of fused-ring (bicyclic) bond motifs is 2. The van der Waals surface area contributed by atoms with E-state index >= 15 is 0 Å². The summed E-state index contributed by atoms with van der Waals surface area (Å²) in [5, 5.41) is 15.9. The predicted molar refractivity (Wildman–Crippen MR) is 150 cm³/mol. The average molecular weight is 609 g/mol. The maximum Gasteiger partial charge on any atom is 0.471 e. The van der Waals surface area contributed by atoms with E-state index in [0.29, 0.717) is 24.3 Å². The quantitative estimate of drug-likeness (QED) is 0.467. The summed E-state index contributed by atoms with van der Waals surface area (Å²) in [6.07, 6.45) is 1.56. The maximum atomic E-state index is 13.6. The van der Waals surface area contributed by atoms with Gasteiger partial charge in [0.1, 0.15) is 18.1 Å². The number of carbonyl (C=O) groups is 3. The standard InChI is InChI=1S/C29H36ClF3N6O3/c1-27(2,3)23(37-26(42)29(31,32)33)25(41)39-13-18-20(28(18,4)5)22(39)24(40)36-16(10-34)9-7-8-15-11-35-12-17-19(30)14-38(6)21(15)17/h11-12,14,16,18,20,22-23H,7-9,13H2,1-6H3,(H,36,40)(H,37,42)/t16?,18-,20-,22-,23+/m0/s1. The Morgan fingerprint density at radius 2 is 1.88 bits per heavy atom. The number of hydrogen-bond acceptors (Lipinski definition) is 5. The first kappa shape index (κ1) is 31.6. The van der Waals surface area contributed by atoms with Crippen molar-refractivity contribution in [1.29, 1.82) is 5.26 Å². The molecule has 1 unspecified atom stereocenters. The molecule has 0 spiro atoms. The number of likely N-dealkylation sites (tertiary alicyclic amines) is 1. The fraction of sp³-hybridized carbons (Fsp3) is 0.621. The summed E-state index contributed by atoms with van der Waals surface area (Å²) in [5.74, 6) is -3.74. The van der Waals surface area contributed by atoms with E-state index in [2.05, 4.69) is 16.4 Å². The molecule has 9 nitrogen and oxygen atoms in total. The largest absolute Gasteiger partial charge is 0.471 e. The molecule has 3 amide bonds. The summed E-state index contributed by atoms with van der Waals surface area (Å²) in [6.45, 7) is 8.77. The summed E-state index contributed by atoms with van der Waals surface area (Å²) >= 11 is 6.28. The van der Waals surface area contributed by atoms with E-state index in [4.69, 9.17) is 11.6 Å². The molecule has 2 aromatic heterocycles. The van der Waals surface area contributed by atoms with Crippen LogP contribution in [0.1, 0.15) is 53.0 Å². The first-order chi connectivity index (χ1) is 19.4. The summed E-state index contributed by atoms with van der Waals surface area (Å²) in [7, 11) is 1.88. The van der Waals surface area contributed by atoms with Crippen molar-refractivity contribution >= 4 is 40.2 Å². The minimum atomic E-state index is -5.16. The number of rotatable bonds is 8. The number of carbonyl (C=O) groups excluding carboxylic acids is 3. The minimum Gasteiger partial charge on any atom is -0.349 e. The number of nitriles is 1. The molecule has 4 rings (SSSR count). The highest BCUT2D eigenvalue weighted by atomic mass is 35.5. The van der Waals surface area contributed by atoms with Crippen molar-refractivity contribution in [2.24, 2.45) is 29.7 Å². The molecule has 1 aliphatic heterocycles. The zero-order valence-electron chi connectivity index (χ0n) is 24.5. The van der Waals surface area contributed by atoms with Crippen molar-refractivity contribution in [3.05, 3.63) is 29.2 Å². The molecule has 2 fully saturated rings. The number of nitrogens with zero attached hydrogens (tertiary/aromatic N) is 4. The zero-order chi connectivity index (χ0) is 31.4. The predicted octanol–water partition coefficient (Wildman–Crippen LogP) is 4.13. The molecule has 5 atom stereocenters. The second-order valence-electron chi connectivity index (χ2n) is 13.0. The number of nitrogens with one attached hydrogen (secondary N) is 2. The molecule has 42 heavy (non-hydrogen) atoms. The lowest BCUT2D eigenvalue weighted by Crippen LogP contribution is -2.61. The van der Waals surface area contributed by atoms with Crippen LogP contribution < -0.4 is 10.6 Å². The van der Waals surface area contributed by atoms with E-state index < -0.39 is 47.4 Å². The van der Waals surface area contributed by atoms with Gasteiger partial charge in [-0.25, -0.2) is 0 Å². The van der Waals surface area contributed by atoms with Crippen LogP contribution in [0.3, 0.4) is 0 Å². The Kier molecular flexibility index (Phi) is 8.32. The maximum absolute atomic E-state index is 13.6. The SMILES string of the molecule is Cn1cc(Cl)c2cncc(CCCC(C#N)NC(=O)[C@@H]3[C@@H]4[C@H](CN3C(=O)[C@@H](NC(=O)C(F)(F)F)C(C)(C)C)C4(C)C)c21. The van der Waals surface area contributed by atoms with Gasteiger partial charge in [0.05, 0.1) is 16.6 Å². The summed E-state index contributed by atoms with van der Waals surface area (Å²) in [6, 6.07) is -1.20. The van der Waals surface area contributed by atoms with Crippen molar-refractivity contribution in [3.63, 3.8) is 0 Å². The van der Waals surface area contributed by atoms with Crippen LogP contribution in [0, 0.1) is 34.0 Å². The summed E-state index contributed by atoms with van der Waals surface area (Å²) in [5.41, 5.74) is 0.585. The van der Waals surface area contributed by atoms with Gasteiger partial charge in [-0.15, -0.1) is 0 Å². The van der Waals surface area contributed by atoms with E-state index in [1.54, 1.807) is 39.4 Å². The first-order valence-electron chi connectivity index (χ1n) is 13.8. The van der Waals surface area contributed by atoms with Crippen molar-refractivity contribution in [2.75, 3.05) is 6.54 Å². The number of pyridine rings is 1. The highest BCUT2D eigenvalue weighted by molar-refractivity contribution is 6.35. The molecule has 3 heterocycles. The molecule has 1 saturated carbocycles. The van der Waals surface area contributed by atoms with E-state index in [9.17, 15) is 32.8 Å². The molecule has 2 N–H and O–H groups in total. The Balaban J connectivity index is 1.47. The third kappa shape index (κ3) is 5.93. The summed E-state index contributed by atoms with van der Waals surface area (Å²) in [4.78, 5) is 44.6. The Morgan fingerprint density at radius 1 is 1.21 bits per heavy atom. The first-order valence-corrected chi connectivity index (χ1v) is 14.2. The van der Waals surface area contributed by atoms with Gasteiger partial charge < -0.3 is 20.1 Å². The monoisotopic (exact) mass is 608 g/mol. The van der Waals surface area contributed by atoms with Crippen molar-refractivity contribution in [1.82, 2.24) is 25.1 Å². The second-order valence-corrected chi connectivity index (χ2v) is 13.4. The molecule has 1 saturated heterocycles. The number of halogens is 4. The van der Waals surface area contributed by atoms with Crippen LogP contribution in [-0.4, -0.2) is 63.0 Å². The van der Waals surface area contributed by atoms with E-state index in [1.165, 1.54) is 4.90 Å². The van der Waals surface area contributed by atoms with Crippen molar-refractivity contribution < 1.29 is 27.6 Å². The van der Waals surface area contributed by atoms with Crippen LogP contribution in [0.4, 0.5) is 13.2 Å². The molecular weight excluding hydrogens is 573 g/mol.